The minimum Gasteiger partial charge on any atom is -0.350 e. The molecule has 1 fully saturated rings. The van der Waals surface area contributed by atoms with Crippen LogP contribution in [0.25, 0.3) is 0 Å². The average molecular weight is 498 g/mol. The summed E-state index contributed by atoms with van der Waals surface area (Å²) < 4.78 is 0. The number of halogens is 2. The number of likely N-dealkylation sites (tertiary alicyclic amines) is 1. The summed E-state index contributed by atoms with van der Waals surface area (Å²) >= 11 is 12.0. The van der Waals surface area contributed by atoms with Gasteiger partial charge in [0.1, 0.15) is 6.04 Å². The van der Waals surface area contributed by atoms with Gasteiger partial charge in [0.15, 0.2) is 0 Å². The van der Waals surface area contributed by atoms with Crippen LogP contribution in [-0.4, -0.2) is 35.3 Å². The lowest BCUT2D eigenvalue weighted by Gasteiger charge is -2.22. The maximum absolute atomic E-state index is 12.7. The summed E-state index contributed by atoms with van der Waals surface area (Å²) in [5.41, 5.74) is 0.718. The van der Waals surface area contributed by atoms with Crippen LogP contribution in [-0.2, 0) is 16.1 Å². The van der Waals surface area contributed by atoms with Crippen LogP contribution >= 0.6 is 23.2 Å². The number of unbranched alkanes of at least 4 members (excludes halogenated alkanes) is 9. The standard InChI is InChI=1S/C25H37Cl2N3O3/c1-2-3-4-5-6-7-8-9-10-11-16-28-25(33)30-22(14-15-23(30)31)24(32)29-18-19-12-13-20(26)17-21(19)27/h12-13,17,22H,2-11,14-16,18H2,1H3,(H,28,33)(H,29,32)/t22-/m0/s1. The number of carbonyl (C=O) groups excluding carboxylic acids is 3. The number of carbonyl (C=O) groups is 3. The summed E-state index contributed by atoms with van der Waals surface area (Å²) in [7, 11) is 0. The highest BCUT2D eigenvalue weighted by Gasteiger charge is 2.40. The van der Waals surface area contributed by atoms with Crippen LogP contribution in [0.4, 0.5) is 4.79 Å². The Kier molecular flexibility index (Phi) is 12.6. The van der Waals surface area contributed by atoms with E-state index in [4.69, 9.17) is 23.2 Å². The highest BCUT2D eigenvalue weighted by molar-refractivity contribution is 6.35. The van der Waals surface area contributed by atoms with Crippen molar-refractivity contribution in [1.29, 1.82) is 0 Å². The Morgan fingerprint density at radius 3 is 2.24 bits per heavy atom. The molecule has 1 heterocycles. The van der Waals surface area contributed by atoms with Crippen LogP contribution in [0.5, 0.6) is 0 Å². The second kappa shape index (κ2) is 15.2. The molecule has 0 aromatic heterocycles. The quantitative estimate of drug-likeness (QED) is 0.299. The Hall–Kier alpha value is -1.79. The lowest BCUT2D eigenvalue weighted by Crippen LogP contribution is -2.51. The molecule has 2 N–H and O–H groups in total. The zero-order valence-electron chi connectivity index (χ0n) is 19.6. The molecule has 4 amide bonds. The molecule has 1 aromatic rings. The van der Waals surface area contributed by atoms with Crippen molar-refractivity contribution in [2.24, 2.45) is 0 Å². The van der Waals surface area contributed by atoms with Gasteiger partial charge in [0.25, 0.3) is 0 Å². The van der Waals surface area contributed by atoms with E-state index in [2.05, 4.69) is 17.6 Å². The van der Waals surface area contributed by atoms with Crippen LogP contribution in [0.15, 0.2) is 18.2 Å². The van der Waals surface area contributed by atoms with Crippen molar-refractivity contribution < 1.29 is 14.4 Å². The number of imide groups is 1. The minimum absolute atomic E-state index is 0.186. The monoisotopic (exact) mass is 497 g/mol. The third kappa shape index (κ3) is 9.54. The van der Waals surface area contributed by atoms with Gasteiger partial charge >= 0.3 is 6.03 Å². The fraction of sp³-hybridized carbons (Fsp3) is 0.640. The fourth-order valence-corrected chi connectivity index (χ4v) is 4.52. The first-order chi connectivity index (χ1) is 15.9. The van der Waals surface area contributed by atoms with Gasteiger partial charge in [-0.25, -0.2) is 4.79 Å². The molecular weight excluding hydrogens is 461 g/mol. The third-order valence-electron chi connectivity index (χ3n) is 6.01. The molecule has 8 heteroatoms. The smallest absolute Gasteiger partial charge is 0.324 e. The fourth-order valence-electron chi connectivity index (χ4n) is 4.04. The number of nitrogens with one attached hydrogen (secondary N) is 2. The van der Waals surface area contributed by atoms with Gasteiger partial charge in [-0.2, -0.15) is 0 Å². The van der Waals surface area contributed by atoms with Crippen LogP contribution in [0.3, 0.4) is 0 Å². The Morgan fingerprint density at radius 2 is 1.61 bits per heavy atom. The molecule has 0 spiro atoms. The van der Waals surface area contributed by atoms with E-state index < -0.39 is 12.1 Å². The Bertz CT molecular complexity index is 788. The van der Waals surface area contributed by atoms with Gasteiger partial charge in [0, 0.05) is 29.6 Å². The molecular formula is C25H37Cl2N3O3. The number of hydrogen-bond acceptors (Lipinski definition) is 3. The molecule has 6 nitrogen and oxygen atoms in total. The van der Waals surface area contributed by atoms with Gasteiger partial charge < -0.3 is 10.6 Å². The summed E-state index contributed by atoms with van der Waals surface area (Å²) in [6.45, 7) is 2.94. The summed E-state index contributed by atoms with van der Waals surface area (Å²) in [5.74, 6) is -0.679. The van der Waals surface area contributed by atoms with Gasteiger partial charge in [-0.3, -0.25) is 14.5 Å². The molecule has 184 valence electrons. The van der Waals surface area contributed by atoms with Crippen molar-refractivity contribution in [1.82, 2.24) is 15.5 Å². The predicted octanol–water partition coefficient (Wildman–Crippen LogP) is 6.23. The first kappa shape index (κ1) is 27.5. The third-order valence-corrected chi connectivity index (χ3v) is 6.60. The van der Waals surface area contributed by atoms with E-state index >= 15 is 0 Å². The second-order valence-corrected chi connectivity index (χ2v) is 9.53. The molecule has 0 aliphatic carbocycles. The van der Waals surface area contributed by atoms with Gasteiger partial charge in [-0.15, -0.1) is 0 Å². The Labute approximate surface area is 207 Å². The Morgan fingerprint density at radius 1 is 0.970 bits per heavy atom. The number of nitrogens with zero attached hydrogens (tertiary/aromatic N) is 1. The number of benzene rings is 1. The molecule has 0 saturated carbocycles. The van der Waals surface area contributed by atoms with Crippen LogP contribution in [0.1, 0.15) is 89.5 Å². The van der Waals surface area contributed by atoms with Crippen molar-refractivity contribution in [2.75, 3.05) is 6.54 Å². The van der Waals surface area contributed by atoms with E-state index in [0.717, 1.165) is 29.7 Å². The molecule has 0 radical (unpaired) electrons. The van der Waals surface area contributed by atoms with Crippen LogP contribution < -0.4 is 10.6 Å². The highest BCUT2D eigenvalue weighted by Crippen LogP contribution is 2.22. The maximum atomic E-state index is 12.7. The van der Waals surface area contributed by atoms with Gasteiger partial charge in [0.05, 0.1) is 0 Å². The summed E-state index contributed by atoms with van der Waals surface area (Å²) in [6, 6.07) is 3.76. The second-order valence-electron chi connectivity index (χ2n) is 8.69. The molecule has 0 unspecified atom stereocenters. The first-order valence-electron chi connectivity index (χ1n) is 12.3. The van der Waals surface area contributed by atoms with E-state index in [1.165, 1.54) is 44.9 Å². The SMILES string of the molecule is CCCCCCCCCCCCNC(=O)N1C(=O)CC[C@H]1C(=O)NCc1ccc(Cl)cc1Cl. The molecule has 0 bridgehead atoms. The summed E-state index contributed by atoms with van der Waals surface area (Å²) in [6.07, 6.45) is 12.7. The van der Waals surface area contributed by atoms with Gasteiger partial charge in [-0.1, -0.05) is 94.0 Å². The molecule has 1 aliphatic rings. The van der Waals surface area contributed by atoms with E-state index in [1.807, 2.05) is 0 Å². The van der Waals surface area contributed by atoms with Crippen molar-refractivity contribution >= 4 is 41.0 Å². The number of hydrogen-bond donors (Lipinski definition) is 2. The molecule has 1 aromatic carbocycles. The maximum Gasteiger partial charge on any atom is 0.324 e. The van der Waals surface area contributed by atoms with Crippen molar-refractivity contribution in [3.05, 3.63) is 33.8 Å². The normalized spacial score (nSPS) is 15.7. The first-order valence-corrected chi connectivity index (χ1v) is 13.0. The Balaban J connectivity index is 1.67. The minimum atomic E-state index is -0.795. The van der Waals surface area contributed by atoms with Gasteiger partial charge in [-0.05, 0) is 30.5 Å². The van der Waals surface area contributed by atoms with Crippen molar-refractivity contribution in [2.45, 2.75) is 96.6 Å². The zero-order valence-corrected chi connectivity index (χ0v) is 21.1. The topological polar surface area (TPSA) is 78.5 Å². The molecule has 1 saturated heterocycles. The zero-order chi connectivity index (χ0) is 24.1. The van der Waals surface area contributed by atoms with E-state index in [0.29, 0.717) is 23.0 Å². The van der Waals surface area contributed by atoms with Gasteiger partial charge in [0.2, 0.25) is 11.8 Å². The summed E-state index contributed by atoms with van der Waals surface area (Å²) in [5, 5.41) is 6.55. The van der Waals surface area contributed by atoms with Crippen LogP contribution in [0, 0.1) is 0 Å². The molecule has 1 aliphatic heterocycles. The van der Waals surface area contributed by atoms with E-state index in [9.17, 15) is 14.4 Å². The van der Waals surface area contributed by atoms with Crippen molar-refractivity contribution in [3.8, 4) is 0 Å². The van der Waals surface area contributed by atoms with Crippen molar-refractivity contribution in [3.63, 3.8) is 0 Å². The molecule has 2 rings (SSSR count). The lowest BCUT2D eigenvalue weighted by molar-refractivity contribution is -0.132. The highest BCUT2D eigenvalue weighted by atomic mass is 35.5. The summed E-state index contributed by atoms with van der Waals surface area (Å²) in [4.78, 5) is 38.5. The van der Waals surface area contributed by atoms with E-state index in [1.54, 1.807) is 18.2 Å². The average Bonchev–Trinajstić information content (AvgIpc) is 3.18. The molecule has 33 heavy (non-hydrogen) atoms. The number of amides is 4. The lowest BCUT2D eigenvalue weighted by atomic mass is 10.1. The predicted molar refractivity (Wildman–Crippen MR) is 133 cm³/mol. The molecule has 1 atom stereocenters. The largest absolute Gasteiger partial charge is 0.350 e. The number of rotatable bonds is 14. The number of urea groups is 1. The van der Waals surface area contributed by atoms with E-state index in [-0.39, 0.29) is 24.8 Å². The van der Waals surface area contributed by atoms with Crippen LogP contribution in [0.2, 0.25) is 10.0 Å².